The maximum atomic E-state index is 11.9. The molecule has 8 heteroatoms. The van der Waals surface area contributed by atoms with Gasteiger partial charge in [0, 0.05) is 12.3 Å². The SMILES string of the molecule is O=C(O)c1cccn(-c2ccc([N+](=O)[O-])nc2)c1=O. The Kier molecular flexibility index (Phi) is 3.06. The highest BCUT2D eigenvalue weighted by Gasteiger charge is 2.13. The van der Waals surface area contributed by atoms with E-state index >= 15 is 0 Å². The van der Waals surface area contributed by atoms with Crippen LogP contribution in [0.2, 0.25) is 0 Å². The van der Waals surface area contributed by atoms with Crippen LogP contribution in [0, 0.1) is 10.1 Å². The van der Waals surface area contributed by atoms with Gasteiger partial charge in [0.15, 0.2) is 6.20 Å². The minimum Gasteiger partial charge on any atom is -0.477 e. The highest BCUT2D eigenvalue weighted by molar-refractivity contribution is 5.87. The van der Waals surface area contributed by atoms with Gasteiger partial charge in [-0.05, 0) is 28.1 Å². The fourth-order valence-corrected chi connectivity index (χ4v) is 1.49. The quantitative estimate of drug-likeness (QED) is 0.646. The smallest absolute Gasteiger partial charge is 0.363 e. The van der Waals surface area contributed by atoms with Gasteiger partial charge in [-0.1, -0.05) is 0 Å². The molecule has 19 heavy (non-hydrogen) atoms. The number of rotatable bonds is 3. The van der Waals surface area contributed by atoms with Crippen LogP contribution in [0.3, 0.4) is 0 Å². The lowest BCUT2D eigenvalue weighted by Gasteiger charge is -2.04. The molecule has 2 aromatic heterocycles. The zero-order chi connectivity index (χ0) is 14.0. The molecular weight excluding hydrogens is 254 g/mol. The van der Waals surface area contributed by atoms with Gasteiger partial charge in [-0.3, -0.25) is 9.36 Å². The van der Waals surface area contributed by atoms with Gasteiger partial charge in [0.1, 0.15) is 5.56 Å². The second kappa shape index (κ2) is 4.69. The molecule has 0 aliphatic carbocycles. The molecule has 0 atom stereocenters. The zero-order valence-corrected chi connectivity index (χ0v) is 9.39. The third-order valence-corrected chi connectivity index (χ3v) is 2.38. The molecule has 0 amide bonds. The van der Waals surface area contributed by atoms with Gasteiger partial charge in [0.2, 0.25) is 0 Å². The minimum atomic E-state index is -1.34. The van der Waals surface area contributed by atoms with Crippen molar-refractivity contribution in [3.8, 4) is 5.69 Å². The summed E-state index contributed by atoms with van der Waals surface area (Å²) in [6, 6.07) is 5.03. The zero-order valence-electron chi connectivity index (χ0n) is 9.39. The standard InChI is InChI=1S/C11H7N3O5/c15-10-8(11(16)17)2-1-5-13(10)7-3-4-9(12-6-7)14(18)19/h1-6H,(H,16,17). The lowest BCUT2D eigenvalue weighted by molar-refractivity contribution is -0.389. The Morgan fingerprint density at radius 3 is 2.63 bits per heavy atom. The fourth-order valence-electron chi connectivity index (χ4n) is 1.49. The van der Waals surface area contributed by atoms with E-state index < -0.39 is 16.5 Å². The van der Waals surface area contributed by atoms with Gasteiger partial charge in [-0.2, -0.15) is 0 Å². The predicted molar refractivity (Wildman–Crippen MR) is 63.4 cm³/mol. The predicted octanol–water partition coefficient (Wildman–Crippen LogP) is 0.839. The van der Waals surface area contributed by atoms with Crippen molar-refractivity contribution >= 4 is 11.8 Å². The van der Waals surface area contributed by atoms with E-state index in [-0.39, 0.29) is 17.1 Å². The van der Waals surface area contributed by atoms with Gasteiger partial charge in [-0.25, -0.2) is 4.79 Å². The second-order valence-electron chi connectivity index (χ2n) is 3.53. The molecule has 0 unspecified atom stereocenters. The highest BCUT2D eigenvalue weighted by atomic mass is 16.6. The van der Waals surface area contributed by atoms with Gasteiger partial charge in [-0.15, -0.1) is 0 Å². The van der Waals surface area contributed by atoms with E-state index in [0.29, 0.717) is 0 Å². The van der Waals surface area contributed by atoms with Crippen molar-refractivity contribution in [2.75, 3.05) is 0 Å². The van der Waals surface area contributed by atoms with E-state index in [1.165, 1.54) is 24.4 Å². The number of nitrogens with zero attached hydrogens (tertiary/aromatic N) is 3. The van der Waals surface area contributed by atoms with Crippen molar-refractivity contribution in [3.63, 3.8) is 0 Å². The highest BCUT2D eigenvalue weighted by Crippen LogP contribution is 2.10. The minimum absolute atomic E-state index is 0.249. The largest absolute Gasteiger partial charge is 0.477 e. The average molecular weight is 261 g/mol. The van der Waals surface area contributed by atoms with Crippen LogP contribution in [0.1, 0.15) is 10.4 Å². The number of aromatic carboxylic acids is 1. The van der Waals surface area contributed by atoms with E-state index in [1.807, 2.05) is 0 Å². The Hall–Kier alpha value is -3.03. The van der Waals surface area contributed by atoms with Crippen molar-refractivity contribution in [2.45, 2.75) is 0 Å². The molecule has 0 saturated carbocycles. The summed E-state index contributed by atoms with van der Waals surface area (Å²) >= 11 is 0. The van der Waals surface area contributed by atoms with Crippen LogP contribution in [0.25, 0.3) is 5.69 Å². The Bertz CT molecular complexity index is 705. The van der Waals surface area contributed by atoms with Crippen molar-refractivity contribution in [2.24, 2.45) is 0 Å². The molecule has 0 aliphatic heterocycles. The van der Waals surface area contributed by atoms with Crippen molar-refractivity contribution in [1.29, 1.82) is 0 Å². The van der Waals surface area contributed by atoms with Gasteiger partial charge < -0.3 is 15.2 Å². The monoisotopic (exact) mass is 261 g/mol. The van der Waals surface area contributed by atoms with Crippen LogP contribution in [-0.4, -0.2) is 25.6 Å². The Balaban J connectivity index is 2.53. The van der Waals surface area contributed by atoms with Crippen molar-refractivity contribution in [1.82, 2.24) is 9.55 Å². The van der Waals surface area contributed by atoms with Crippen LogP contribution < -0.4 is 5.56 Å². The number of hydrogen-bond acceptors (Lipinski definition) is 5. The second-order valence-corrected chi connectivity index (χ2v) is 3.53. The molecule has 8 nitrogen and oxygen atoms in total. The van der Waals surface area contributed by atoms with Crippen LogP contribution >= 0.6 is 0 Å². The summed E-state index contributed by atoms with van der Waals surface area (Å²) < 4.78 is 1.06. The van der Waals surface area contributed by atoms with Crippen molar-refractivity contribution < 1.29 is 14.8 Å². The maximum Gasteiger partial charge on any atom is 0.363 e. The van der Waals surface area contributed by atoms with E-state index in [0.717, 1.165) is 16.8 Å². The molecule has 0 aliphatic rings. The van der Waals surface area contributed by atoms with Gasteiger partial charge in [0.05, 0.1) is 5.69 Å². The number of hydrogen-bond donors (Lipinski definition) is 1. The molecule has 2 heterocycles. The first-order valence-electron chi connectivity index (χ1n) is 5.06. The van der Waals surface area contributed by atoms with E-state index in [9.17, 15) is 19.7 Å². The Labute approximate surface area is 105 Å². The number of aromatic nitrogens is 2. The number of pyridine rings is 2. The number of carboxylic acid groups (broad SMARTS) is 1. The van der Waals surface area contributed by atoms with Crippen LogP contribution in [0.5, 0.6) is 0 Å². The molecule has 0 fully saturated rings. The maximum absolute atomic E-state index is 11.9. The van der Waals surface area contributed by atoms with Gasteiger partial charge in [0.25, 0.3) is 5.56 Å². The number of nitro groups is 1. The third-order valence-electron chi connectivity index (χ3n) is 2.38. The van der Waals surface area contributed by atoms with E-state index in [2.05, 4.69) is 4.98 Å². The van der Waals surface area contributed by atoms with Crippen LogP contribution in [0.15, 0.2) is 41.5 Å². The summed E-state index contributed by atoms with van der Waals surface area (Å²) in [6.07, 6.45) is 2.49. The molecule has 2 rings (SSSR count). The molecule has 0 aromatic carbocycles. The summed E-state index contributed by atoms with van der Waals surface area (Å²) in [6.45, 7) is 0. The number of carboxylic acids is 1. The van der Waals surface area contributed by atoms with E-state index in [4.69, 9.17) is 5.11 Å². The molecule has 0 radical (unpaired) electrons. The lowest BCUT2D eigenvalue weighted by atomic mass is 10.2. The molecule has 2 aromatic rings. The van der Waals surface area contributed by atoms with Gasteiger partial charge >= 0.3 is 11.8 Å². The lowest BCUT2D eigenvalue weighted by Crippen LogP contribution is -2.24. The first kappa shape index (κ1) is 12.4. The first-order valence-corrected chi connectivity index (χ1v) is 5.06. The fraction of sp³-hybridized carbons (Fsp3) is 0. The first-order chi connectivity index (χ1) is 9.00. The number of carbonyl (C=O) groups is 1. The summed E-state index contributed by atoms with van der Waals surface area (Å²) in [5.41, 5.74) is -0.870. The summed E-state index contributed by atoms with van der Waals surface area (Å²) in [5, 5.41) is 19.3. The average Bonchev–Trinajstić information content (AvgIpc) is 2.38. The van der Waals surface area contributed by atoms with Crippen LogP contribution in [-0.2, 0) is 0 Å². The Morgan fingerprint density at radius 1 is 1.37 bits per heavy atom. The molecule has 0 saturated heterocycles. The molecule has 96 valence electrons. The Morgan fingerprint density at radius 2 is 2.11 bits per heavy atom. The normalized spacial score (nSPS) is 10.1. The third kappa shape index (κ3) is 2.32. The van der Waals surface area contributed by atoms with E-state index in [1.54, 1.807) is 0 Å². The van der Waals surface area contributed by atoms with Crippen LogP contribution in [0.4, 0.5) is 5.82 Å². The molecule has 1 N–H and O–H groups in total. The molecule has 0 bridgehead atoms. The van der Waals surface area contributed by atoms with Crippen molar-refractivity contribution in [3.05, 3.63) is 62.7 Å². The summed E-state index contributed by atoms with van der Waals surface area (Å²) in [4.78, 5) is 36.0. The molecule has 0 spiro atoms. The summed E-state index contributed by atoms with van der Waals surface area (Å²) in [5.74, 6) is -1.69. The topological polar surface area (TPSA) is 115 Å². The molecular formula is C11H7N3O5. The summed E-state index contributed by atoms with van der Waals surface area (Å²) in [7, 11) is 0.